The molecule has 0 atom stereocenters. The van der Waals surface area contributed by atoms with Crippen LogP contribution in [-0.2, 0) is 0 Å². The minimum absolute atomic E-state index is 0.509. The molecule has 6 heteroatoms. The molecule has 1 aromatic carbocycles. The summed E-state index contributed by atoms with van der Waals surface area (Å²) in [5.74, 6) is 1.99. The van der Waals surface area contributed by atoms with Gasteiger partial charge < -0.3 is 9.32 Å². The zero-order valence-electron chi connectivity index (χ0n) is 12.4. The lowest BCUT2D eigenvalue weighted by molar-refractivity contribution is 0.575. The monoisotopic (exact) mass is 326 g/mol. The first-order valence-electron chi connectivity index (χ1n) is 7.61. The largest absolute Gasteiger partial charge is 0.461 e. The fraction of sp³-hybridized carbons (Fsp3) is 0.235. The van der Waals surface area contributed by atoms with E-state index in [0.29, 0.717) is 16.6 Å². The first-order valence-corrected chi connectivity index (χ1v) is 7.98. The third kappa shape index (κ3) is 2.80. The van der Waals surface area contributed by atoms with Crippen molar-refractivity contribution in [3.8, 4) is 22.8 Å². The zero-order valence-corrected chi connectivity index (χ0v) is 13.2. The molecule has 0 radical (unpaired) electrons. The number of hydrogen-bond acceptors (Lipinski definition) is 5. The third-order valence-electron chi connectivity index (χ3n) is 3.93. The number of furan rings is 1. The van der Waals surface area contributed by atoms with Crippen LogP contribution in [-0.4, -0.2) is 28.3 Å². The summed E-state index contributed by atoms with van der Waals surface area (Å²) in [6.45, 7) is 1.97. The normalized spacial score (nSPS) is 14.4. The van der Waals surface area contributed by atoms with Crippen LogP contribution in [0.1, 0.15) is 12.8 Å². The van der Waals surface area contributed by atoms with E-state index < -0.39 is 0 Å². The first-order chi connectivity index (χ1) is 11.3. The van der Waals surface area contributed by atoms with E-state index in [1.807, 2.05) is 36.4 Å². The Morgan fingerprint density at radius 3 is 2.48 bits per heavy atom. The van der Waals surface area contributed by atoms with Gasteiger partial charge in [-0.25, -0.2) is 4.98 Å². The highest BCUT2D eigenvalue weighted by molar-refractivity contribution is 6.30. The van der Waals surface area contributed by atoms with Gasteiger partial charge in [0.2, 0.25) is 5.82 Å². The molecule has 3 aromatic rings. The van der Waals surface area contributed by atoms with Gasteiger partial charge in [-0.05, 0) is 37.1 Å². The summed E-state index contributed by atoms with van der Waals surface area (Å²) in [5.41, 5.74) is 1.74. The highest BCUT2D eigenvalue weighted by Gasteiger charge is 2.21. The molecule has 23 heavy (non-hydrogen) atoms. The van der Waals surface area contributed by atoms with Crippen molar-refractivity contribution in [2.45, 2.75) is 12.8 Å². The highest BCUT2D eigenvalue weighted by atomic mass is 35.5. The van der Waals surface area contributed by atoms with E-state index in [4.69, 9.17) is 21.0 Å². The molecule has 116 valence electrons. The highest BCUT2D eigenvalue weighted by Crippen LogP contribution is 2.31. The van der Waals surface area contributed by atoms with Crippen LogP contribution in [0.5, 0.6) is 0 Å². The second-order valence-corrected chi connectivity index (χ2v) is 5.92. The lowest BCUT2D eigenvalue weighted by Gasteiger charge is -2.19. The van der Waals surface area contributed by atoms with Gasteiger partial charge in [-0.1, -0.05) is 23.7 Å². The Bertz CT molecular complexity index is 796. The molecule has 1 aliphatic rings. The molecule has 1 aliphatic heterocycles. The van der Waals surface area contributed by atoms with Crippen molar-refractivity contribution in [2.75, 3.05) is 18.0 Å². The van der Waals surface area contributed by atoms with Gasteiger partial charge in [-0.3, -0.25) is 0 Å². The van der Waals surface area contributed by atoms with Crippen molar-refractivity contribution in [3.05, 3.63) is 47.7 Å². The van der Waals surface area contributed by atoms with Crippen LogP contribution in [0.2, 0.25) is 5.02 Å². The van der Waals surface area contributed by atoms with Crippen LogP contribution in [0.15, 0.2) is 47.1 Å². The van der Waals surface area contributed by atoms with Gasteiger partial charge in [-0.15, -0.1) is 10.2 Å². The average Bonchev–Trinajstić information content (AvgIpc) is 3.29. The molecule has 5 nitrogen and oxygen atoms in total. The van der Waals surface area contributed by atoms with Crippen LogP contribution < -0.4 is 4.90 Å². The van der Waals surface area contributed by atoms with Gasteiger partial charge >= 0.3 is 0 Å². The van der Waals surface area contributed by atoms with Gasteiger partial charge in [0.1, 0.15) is 5.69 Å². The molecule has 0 N–H and O–H groups in total. The minimum Gasteiger partial charge on any atom is -0.461 e. The summed E-state index contributed by atoms with van der Waals surface area (Å²) >= 11 is 5.98. The Morgan fingerprint density at radius 1 is 1.00 bits per heavy atom. The van der Waals surface area contributed by atoms with Crippen molar-refractivity contribution in [3.63, 3.8) is 0 Å². The van der Waals surface area contributed by atoms with Gasteiger partial charge in [0.25, 0.3) is 0 Å². The summed E-state index contributed by atoms with van der Waals surface area (Å²) in [7, 11) is 0. The van der Waals surface area contributed by atoms with E-state index in [1.54, 1.807) is 6.26 Å². The summed E-state index contributed by atoms with van der Waals surface area (Å²) < 4.78 is 5.40. The molecule has 2 aromatic heterocycles. The van der Waals surface area contributed by atoms with Crippen LogP contribution in [0.3, 0.4) is 0 Å². The maximum Gasteiger partial charge on any atom is 0.219 e. The second kappa shape index (κ2) is 6.01. The molecule has 0 amide bonds. The van der Waals surface area contributed by atoms with Crippen LogP contribution in [0.4, 0.5) is 5.82 Å². The van der Waals surface area contributed by atoms with Gasteiger partial charge in [-0.2, -0.15) is 0 Å². The number of nitrogens with zero attached hydrogens (tertiary/aromatic N) is 4. The quantitative estimate of drug-likeness (QED) is 0.726. The number of benzene rings is 1. The van der Waals surface area contributed by atoms with E-state index in [9.17, 15) is 0 Å². The number of rotatable bonds is 3. The van der Waals surface area contributed by atoms with Gasteiger partial charge in [0.15, 0.2) is 11.6 Å². The summed E-state index contributed by atoms with van der Waals surface area (Å²) in [6.07, 6.45) is 3.95. The third-order valence-corrected chi connectivity index (χ3v) is 4.19. The van der Waals surface area contributed by atoms with Crippen molar-refractivity contribution in [1.29, 1.82) is 0 Å². The summed E-state index contributed by atoms with van der Waals surface area (Å²) in [4.78, 5) is 6.98. The summed E-state index contributed by atoms with van der Waals surface area (Å²) in [5, 5.41) is 9.36. The number of anilines is 1. The fourth-order valence-electron chi connectivity index (χ4n) is 2.77. The number of hydrogen-bond donors (Lipinski definition) is 0. The lowest BCUT2D eigenvalue weighted by Crippen LogP contribution is -2.21. The van der Waals surface area contributed by atoms with Gasteiger partial charge in [0, 0.05) is 23.7 Å². The lowest BCUT2D eigenvalue weighted by atomic mass is 10.1. The van der Waals surface area contributed by atoms with Crippen molar-refractivity contribution < 1.29 is 4.42 Å². The predicted octanol–water partition coefficient (Wildman–Crippen LogP) is 4.05. The topological polar surface area (TPSA) is 55.1 Å². The Balaban J connectivity index is 1.82. The fourth-order valence-corrected chi connectivity index (χ4v) is 2.90. The maximum atomic E-state index is 5.98. The Kier molecular flexibility index (Phi) is 3.71. The number of aromatic nitrogens is 3. The molecule has 0 unspecified atom stereocenters. The molecular weight excluding hydrogens is 312 g/mol. The van der Waals surface area contributed by atoms with Crippen molar-refractivity contribution >= 4 is 17.4 Å². The average molecular weight is 327 g/mol. The number of halogens is 1. The van der Waals surface area contributed by atoms with E-state index in [0.717, 1.165) is 30.2 Å². The SMILES string of the molecule is Clc1ccc(-c2nnc(-c3ccco3)nc2N2CCCC2)cc1. The molecule has 1 fully saturated rings. The van der Waals surface area contributed by atoms with E-state index in [1.165, 1.54) is 12.8 Å². The standard InChI is InChI=1S/C17H15ClN4O/c18-13-7-5-12(6-8-13)15-17(22-9-1-2-10-22)19-16(21-20-15)14-4-3-11-23-14/h3-8,11H,1-2,9-10H2. The van der Waals surface area contributed by atoms with Crippen LogP contribution >= 0.6 is 11.6 Å². The summed E-state index contributed by atoms with van der Waals surface area (Å²) in [6, 6.07) is 11.3. The van der Waals surface area contributed by atoms with E-state index >= 15 is 0 Å². The molecule has 1 saturated heterocycles. The van der Waals surface area contributed by atoms with Gasteiger partial charge in [0.05, 0.1) is 6.26 Å². The molecule has 0 saturated carbocycles. The molecule has 0 bridgehead atoms. The smallest absolute Gasteiger partial charge is 0.219 e. The molecule has 0 aliphatic carbocycles. The second-order valence-electron chi connectivity index (χ2n) is 5.49. The van der Waals surface area contributed by atoms with E-state index in [2.05, 4.69) is 15.1 Å². The Hall–Kier alpha value is -2.40. The van der Waals surface area contributed by atoms with Crippen molar-refractivity contribution in [2.24, 2.45) is 0 Å². The Labute approximate surface area is 138 Å². The zero-order chi connectivity index (χ0) is 15.6. The van der Waals surface area contributed by atoms with Crippen molar-refractivity contribution in [1.82, 2.24) is 15.2 Å². The van der Waals surface area contributed by atoms with E-state index in [-0.39, 0.29) is 0 Å². The predicted molar refractivity (Wildman–Crippen MR) is 89.4 cm³/mol. The first kappa shape index (κ1) is 14.2. The molecule has 3 heterocycles. The molecule has 4 rings (SSSR count). The van der Waals surface area contributed by atoms with Crippen LogP contribution in [0.25, 0.3) is 22.8 Å². The molecule has 0 spiro atoms. The van der Waals surface area contributed by atoms with Crippen LogP contribution in [0, 0.1) is 0 Å². The minimum atomic E-state index is 0.509. The molecular formula is C17H15ClN4O. The maximum absolute atomic E-state index is 5.98. The Morgan fingerprint density at radius 2 is 1.78 bits per heavy atom.